The Kier molecular flexibility index (Phi) is 4.89. The van der Waals surface area contributed by atoms with Gasteiger partial charge in [-0.1, -0.05) is 0 Å². The molecule has 0 aliphatic rings. The minimum atomic E-state index is -3.28. The van der Waals surface area contributed by atoms with Gasteiger partial charge in [0, 0.05) is 18.4 Å². The van der Waals surface area contributed by atoms with Gasteiger partial charge in [-0.05, 0) is 26.5 Å². The van der Waals surface area contributed by atoms with Crippen LogP contribution in [0.4, 0.5) is 17.6 Å². The highest BCUT2D eigenvalue weighted by atomic mass is 28.4. The van der Waals surface area contributed by atoms with E-state index in [9.17, 15) is 17.6 Å². The summed E-state index contributed by atoms with van der Waals surface area (Å²) in [6, 6.07) is 0.602. The van der Waals surface area contributed by atoms with E-state index in [2.05, 4.69) is 0 Å². The molecule has 0 saturated heterocycles. The Morgan fingerprint density at radius 2 is 1.44 bits per heavy atom. The number of benzene rings is 1. The van der Waals surface area contributed by atoms with Gasteiger partial charge in [-0.15, -0.1) is 0 Å². The van der Waals surface area contributed by atoms with E-state index in [1.807, 2.05) is 0 Å². The molecule has 1 aromatic rings. The number of halogens is 4. The molecule has 0 aliphatic carbocycles. The molecular formula is C11H14F4O2Si. The van der Waals surface area contributed by atoms with E-state index in [0.717, 1.165) is 0 Å². The van der Waals surface area contributed by atoms with Crippen LogP contribution in [0.1, 0.15) is 13.8 Å². The molecule has 102 valence electrons. The van der Waals surface area contributed by atoms with Crippen LogP contribution in [0.5, 0.6) is 0 Å². The lowest BCUT2D eigenvalue weighted by Gasteiger charge is -2.26. The standard InChI is InChI=1S/C11H14F4O2Si/c1-4-16-18(3,17-5-2)8-6-7(12)9(13)11(15)10(8)14/h6H,4-5H2,1-3H3. The number of rotatable bonds is 5. The van der Waals surface area contributed by atoms with Crippen molar-refractivity contribution in [2.75, 3.05) is 13.2 Å². The van der Waals surface area contributed by atoms with Crippen molar-refractivity contribution in [3.8, 4) is 0 Å². The fourth-order valence-electron chi connectivity index (χ4n) is 1.65. The van der Waals surface area contributed by atoms with Crippen LogP contribution in [0, 0.1) is 23.3 Å². The van der Waals surface area contributed by atoms with Gasteiger partial charge in [0.05, 0.1) is 0 Å². The smallest absolute Gasteiger partial charge is 0.372 e. The van der Waals surface area contributed by atoms with Gasteiger partial charge in [0.1, 0.15) is 0 Å². The first kappa shape index (κ1) is 15.1. The molecule has 1 rings (SSSR count). The van der Waals surface area contributed by atoms with Crippen LogP contribution in [0.25, 0.3) is 0 Å². The SMILES string of the molecule is CCO[Si](C)(OCC)c1cc(F)c(F)c(F)c1F. The zero-order valence-corrected chi connectivity index (χ0v) is 11.3. The van der Waals surface area contributed by atoms with Crippen molar-refractivity contribution in [1.29, 1.82) is 0 Å². The molecule has 0 bridgehead atoms. The van der Waals surface area contributed by atoms with Crippen LogP contribution < -0.4 is 5.19 Å². The van der Waals surface area contributed by atoms with E-state index in [0.29, 0.717) is 6.07 Å². The lowest BCUT2D eigenvalue weighted by molar-refractivity contribution is 0.201. The van der Waals surface area contributed by atoms with Gasteiger partial charge in [-0.2, -0.15) is 0 Å². The van der Waals surface area contributed by atoms with Crippen LogP contribution in [0.2, 0.25) is 6.55 Å². The van der Waals surface area contributed by atoms with Crippen molar-refractivity contribution in [3.63, 3.8) is 0 Å². The average Bonchev–Trinajstić information content (AvgIpc) is 2.31. The summed E-state index contributed by atoms with van der Waals surface area (Å²) in [5, 5.41) is -0.373. The van der Waals surface area contributed by atoms with Gasteiger partial charge in [0.15, 0.2) is 23.3 Å². The second-order valence-corrected chi connectivity index (χ2v) is 6.67. The van der Waals surface area contributed by atoms with Gasteiger partial charge in [0.2, 0.25) is 0 Å². The molecule has 0 N–H and O–H groups in total. The summed E-state index contributed by atoms with van der Waals surface area (Å²) in [5.41, 5.74) is 0. The Labute approximate surface area is 104 Å². The third kappa shape index (κ3) is 2.73. The first-order valence-electron chi connectivity index (χ1n) is 5.48. The normalized spacial score (nSPS) is 11.9. The molecule has 0 spiro atoms. The summed E-state index contributed by atoms with van der Waals surface area (Å²) < 4.78 is 63.5. The van der Waals surface area contributed by atoms with Crippen LogP contribution in [0.3, 0.4) is 0 Å². The maximum Gasteiger partial charge on any atom is 0.372 e. The molecule has 0 aromatic heterocycles. The van der Waals surface area contributed by atoms with E-state index in [-0.39, 0.29) is 18.4 Å². The summed E-state index contributed by atoms with van der Waals surface area (Å²) in [5.74, 6) is -6.59. The molecule has 0 unspecified atom stereocenters. The highest BCUT2D eigenvalue weighted by Crippen LogP contribution is 2.17. The molecule has 1 aromatic carbocycles. The Balaban J connectivity index is 3.37. The maximum absolute atomic E-state index is 13.7. The van der Waals surface area contributed by atoms with Gasteiger partial charge in [-0.3, -0.25) is 0 Å². The van der Waals surface area contributed by atoms with Gasteiger partial charge >= 0.3 is 8.56 Å². The quantitative estimate of drug-likeness (QED) is 0.358. The minimum Gasteiger partial charge on any atom is -0.391 e. The maximum atomic E-state index is 13.7. The molecule has 0 saturated carbocycles. The number of hydrogen-bond acceptors (Lipinski definition) is 2. The Morgan fingerprint density at radius 1 is 0.944 bits per heavy atom. The summed E-state index contributed by atoms with van der Waals surface area (Å²) in [6.07, 6.45) is 0. The van der Waals surface area contributed by atoms with E-state index in [1.165, 1.54) is 6.55 Å². The topological polar surface area (TPSA) is 18.5 Å². The third-order valence-electron chi connectivity index (χ3n) is 2.43. The van der Waals surface area contributed by atoms with Crippen molar-refractivity contribution in [1.82, 2.24) is 0 Å². The van der Waals surface area contributed by atoms with Gasteiger partial charge in [0.25, 0.3) is 0 Å². The fourth-order valence-corrected chi connectivity index (χ4v) is 4.04. The first-order valence-corrected chi connectivity index (χ1v) is 7.80. The molecule has 18 heavy (non-hydrogen) atoms. The third-order valence-corrected chi connectivity index (χ3v) is 5.45. The van der Waals surface area contributed by atoms with Gasteiger partial charge in [-0.25, -0.2) is 17.6 Å². The van der Waals surface area contributed by atoms with Crippen LogP contribution in [-0.4, -0.2) is 21.8 Å². The largest absolute Gasteiger partial charge is 0.391 e. The Morgan fingerprint density at radius 3 is 1.89 bits per heavy atom. The van der Waals surface area contributed by atoms with E-state index < -0.39 is 31.8 Å². The fraction of sp³-hybridized carbons (Fsp3) is 0.455. The zero-order chi connectivity index (χ0) is 13.9. The van der Waals surface area contributed by atoms with E-state index in [4.69, 9.17) is 8.85 Å². The second kappa shape index (κ2) is 5.81. The lowest BCUT2D eigenvalue weighted by atomic mass is 10.3. The second-order valence-electron chi connectivity index (χ2n) is 3.66. The molecule has 0 atom stereocenters. The van der Waals surface area contributed by atoms with Crippen molar-refractivity contribution < 1.29 is 26.4 Å². The van der Waals surface area contributed by atoms with Gasteiger partial charge < -0.3 is 8.85 Å². The van der Waals surface area contributed by atoms with E-state index in [1.54, 1.807) is 13.8 Å². The van der Waals surface area contributed by atoms with Crippen molar-refractivity contribution in [2.45, 2.75) is 20.4 Å². The molecule has 0 amide bonds. The van der Waals surface area contributed by atoms with Crippen molar-refractivity contribution in [3.05, 3.63) is 29.3 Å². The minimum absolute atomic E-state index is 0.197. The summed E-state index contributed by atoms with van der Waals surface area (Å²) in [6.45, 7) is 5.15. The molecular weight excluding hydrogens is 268 g/mol. The van der Waals surface area contributed by atoms with Crippen LogP contribution >= 0.6 is 0 Å². The summed E-state index contributed by atoms with van der Waals surface area (Å²) in [7, 11) is -3.28. The molecule has 0 heterocycles. The first-order chi connectivity index (χ1) is 8.37. The highest BCUT2D eigenvalue weighted by Gasteiger charge is 2.39. The van der Waals surface area contributed by atoms with E-state index >= 15 is 0 Å². The van der Waals surface area contributed by atoms with Crippen LogP contribution in [-0.2, 0) is 8.85 Å². The molecule has 0 radical (unpaired) electrons. The van der Waals surface area contributed by atoms with Crippen molar-refractivity contribution in [2.24, 2.45) is 0 Å². The number of hydrogen-bond donors (Lipinski definition) is 0. The molecule has 2 nitrogen and oxygen atoms in total. The monoisotopic (exact) mass is 282 g/mol. The predicted octanol–water partition coefficient (Wildman–Crippen LogP) is 2.60. The zero-order valence-electron chi connectivity index (χ0n) is 10.3. The Bertz CT molecular complexity index is 434. The lowest BCUT2D eigenvalue weighted by Crippen LogP contribution is -2.53. The predicted molar refractivity (Wildman–Crippen MR) is 60.8 cm³/mol. The highest BCUT2D eigenvalue weighted by molar-refractivity contribution is 6.80. The molecule has 0 aliphatic heterocycles. The summed E-state index contributed by atoms with van der Waals surface area (Å²) in [4.78, 5) is 0. The molecule has 0 fully saturated rings. The van der Waals surface area contributed by atoms with Crippen LogP contribution in [0.15, 0.2) is 6.07 Å². The van der Waals surface area contributed by atoms with Crippen molar-refractivity contribution >= 4 is 13.7 Å². The Hall–Kier alpha value is -0.923. The summed E-state index contributed by atoms with van der Waals surface area (Å²) >= 11 is 0. The average molecular weight is 282 g/mol. The molecule has 7 heteroatoms.